The fourth-order valence-corrected chi connectivity index (χ4v) is 2.92. The predicted molar refractivity (Wildman–Crippen MR) is 87.8 cm³/mol. The van der Waals surface area contributed by atoms with Crippen LogP contribution in [0, 0.1) is 0 Å². The number of nitrogens with zero attached hydrogens (tertiary/aromatic N) is 2. The molecule has 0 aliphatic rings. The number of halogens is 1. The van der Waals surface area contributed by atoms with Gasteiger partial charge in [-0.05, 0) is 31.2 Å². The highest BCUT2D eigenvalue weighted by Gasteiger charge is 2.15. The van der Waals surface area contributed by atoms with Crippen LogP contribution in [0.5, 0.6) is 0 Å². The average Bonchev–Trinajstić information content (AvgIpc) is 2.93. The maximum atomic E-state index is 5.93. The molecule has 1 heterocycles. The summed E-state index contributed by atoms with van der Waals surface area (Å²) in [5.74, 6) is 0. The number of rotatable bonds is 6. The lowest BCUT2D eigenvalue weighted by molar-refractivity contribution is 0.704. The Kier molecular flexibility index (Phi) is 5.40. The highest BCUT2D eigenvalue weighted by atomic mass is 35.5. The van der Waals surface area contributed by atoms with Gasteiger partial charge in [0.25, 0.3) is 0 Å². The molecule has 1 unspecified atom stereocenters. The molecule has 0 aliphatic carbocycles. The Morgan fingerprint density at radius 2 is 2.05 bits per heavy atom. The molecule has 0 aliphatic heterocycles. The van der Waals surface area contributed by atoms with Gasteiger partial charge < -0.3 is 10.2 Å². The van der Waals surface area contributed by atoms with Gasteiger partial charge >= 0.3 is 0 Å². The first-order valence-electron chi connectivity index (χ1n) is 6.75. The van der Waals surface area contributed by atoms with E-state index in [1.165, 1.54) is 5.56 Å². The molecule has 3 nitrogen and oxygen atoms in total. The van der Waals surface area contributed by atoms with E-state index in [0.717, 1.165) is 28.9 Å². The quantitative estimate of drug-likeness (QED) is 0.870. The van der Waals surface area contributed by atoms with Crippen molar-refractivity contribution in [2.24, 2.45) is 0 Å². The van der Waals surface area contributed by atoms with Crippen molar-refractivity contribution >= 4 is 28.1 Å². The van der Waals surface area contributed by atoms with Gasteiger partial charge in [-0.2, -0.15) is 0 Å². The highest BCUT2D eigenvalue weighted by molar-refractivity contribution is 7.13. The van der Waals surface area contributed by atoms with Gasteiger partial charge in [-0.1, -0.05) is 30.7 Å². The SMILES string of the molecule is CCNCc1csc(N(C)C(C)c2ccc(Cl)cc2)n1. The molecular weight excluding hydrogens is 290 g/mol. The van der Waals surface area contributed by atoms with Crippen LogP contribution in [0.3, 0.4) is 0 Å². The zero-order chi connectivity index (χ0) is 14.5. The fourth-order valence-electron chi connectivity index (χ4n) is 1.92. The summed E-state index contributed by atoms with van der Waals surface area (Å²) >= 11 is 7.62. The van der Waals surface area contributed by atoms with Crippen molar-refractivity contribution < 1.29 is 0 Å². The van der Waals surface area contributed by atoms with Gasteiger partial charge in [0.1, 0.15) is 0 Å². The Morgan fingerprint density at radius 3 is 2.70 bits per heavy atom. The Labute approximate surface area is 129 Å². The molecule has 20 heavy (non-hydrogen) atoms. The lowest BCUT2D eigenvalue weighted by Gasteiger charge is -2.24. The maximum Gasteiger partial charge on any atom is 0.185 e. The fraction of sp³-hybridized carbons (Fsp3) is 0.400. The van der Waals surface area contributed by atoms with E-state index >= 15 is 0 Å². The number of hydrogen-bond donors (Lipinski definition) is 1. The Bertz CT molecular complexity index is 538. The minimum atomic E-state index is 0.269. The van der Waals surface area contributed by atoms with Crippen LogP contribution in [0.2, 0.25) is 5.02 Å². The number of benzene rings is 1. The maximum absolute atomic E-state index is 5.93. The molecule has 0 saturated heterocycles. The van der Waals surface area contributed by atoms with Gasteiger partial charge in [0.15, 0.2) is 5.13 Å². The number of aromatic nitrogens is 1. The summed E-state index contributed by atoms with van der Waals surface area (Å²) in [6.45, 7) is 6.07. The summed E-state index contributed by atoms with van der Waals surface area (Å²) in [6.07, 6.45) is 0. The van der Waals surface area contributed by atoms with Crippen molar-refractivity contribution in [1.82, 2.24) is 10.3 Å². The van der Waals surface area contributed by atoms with Crippen molar-refractivity contribution in [3.05, 3.63) is 45.9 Å². The van der Waals surface area contributed by atoms with Crippen molar-refractivity contribution in [1.29, 1.82) is 0 Å². The smallest absolute Gasteiger partial charge is 0.185 e. The number of hydrogen-bond acceptors (Lipinski definition) is 4. The van der Waals surface area contributed by atoms with Gasteiger partial charge in [-0.15, -0.1) is 11.3 Å². The summed E-state index contributed by atoms with van der Waals surface area (Å²) in [4.78, 5) is 6.87. The van der Waals surface area contributed by atoms with Crippen LogP contribution in [-0.4, -0.2) is 18.6 Å². The summed E-state index contributed by atoms with van der Waals surface area (Å²) in [5.41, 5.74) is 2.34. The van der Waals surface area contributed by atoms with Gasteiger partial charge in [0, 0.05) is 24.0 Å². The van der Waals surface area contributed by atoms with E-state index in [1.54, 1.807) is 11.3 Å². The molecule has 1 aromatic heterocycles. The number of anilines is 1. The minimum absolute atomic E-state index is 0.269. The summed E-state index contributed by atoms with van der Waals surface area (Å²) < 4.78 is 0. The van der Waals surface area contributed by atoms with E-state index < -0.39 is 0 Å². The van der Waals surface area contributed by atoms with E-state index in [2.05, 4.69) is 53.6 Å². The van der Waals surface area contributed by atoms with Gasteiger partial charge in [-0.25, -0.2) is 4.98 Å². The van der Waals surface area contributed by atoms with Crippen LogP contribution < -0.4 is 10.2 Å². The summed E-state index contributed by atoms with van der Waals surface area (Å²) in [6, 6.07) is 8.26. The Balaban J connectivity index is 2.07. The second-order valence-corrected chi connectivity index (χ2v) is 6.01. The topological polar surface area (TPSA) is 28.2 Å². The average molecular weight is 310 g/mol. The molecule has 0 radical (unpaired) electrons. The molecule has 0 saturated carbocycles. The molecule has 1 N–H and O–H groups in total. The third-order valence-electron chi connectivity index (χ3n) is 3.33. The van der Waals surface area contributed by atoms with Crippen LogP contribution >= 0.6 is 22.9 Å². The second kappa shape index (κ2) is 7.07. The van der Waals surface area contributed by atoms with Crippen LogP contribution in [0.25, 0.3) is 0 Å². The first-order valence-corrected chi connectivity index (χ1v) is 8.01. The molecule has 0 fully saturated rings. The minimum Gasteiger partial charge on any atom is -0.344 e. The number of nitrogens with one attached hydrogen (secondary N) is 1. The first kappa shape index (κ1) is 15.3. The van der Waals surface area contributed by atoms with E-state index in [9.17, 15) is 0 Å². The molecule has 0 spiro atoms. The third-order valence-corrected chi connectivity index (χ3v) is 4.56. The molecule has 0 amide bonds. The lowest BCUT2D eigenvalue weighted by Crippen LogP contribution is -2.21. The van der Waals surface area contributed by atoms with Crippen molar-refractivity contribution in [3.63, 3.8) is 0 Å². The van der Waals surface area contributed by atoms with E-state index in [0.29, 0.717) is 0 Å². The second-order valence-electron chi connectivity index (χ2n) is 4.74. The predicted octanol–water partition coefficient (Wildman–Crippen LogP) is 4.10. The highest BCUT2D eigenvalue weighted by Crippen LogP contribution is 2.28. The monoisotopic (exact) mass is 309 g/mol. The zero-order valence-electron chi connectivity index (χ0n) is 12.1. The van der Waals surface area contributed by atoms with Crippen molar-refractivity contribution in [2.75, 3.05) is 18.5 Å². The molecule has 1 aromatic carbocycles. The first-order chi connectivity index (χ1) is 9.61. The molecular formula is C15H20ClN3S. The van der Waals surface area contributed by atoms with Crippen LogP contribution in [0.15, 0.2) is 29.6 Å². The lowest BCUT2D eigenvalue weighted by atomic mass is 10.1. The summed E-state index contributed by atoms with van der Waals surface area (Å²) in [5, 5.41) is 7.22. The normalized spacial score (nSPS) is 12.4. The zero-order valence-corrected chi connectivity index (χ0v) is 13.6. The third kappa shape index (κ3) is 3.72. The van der Waals surface area contributed by atoms with E-state index in [4.69, 9.17) is 11.6 Å². The van der Waals surface area contributed by atoms with E-state index in [1.807, 2.05) is 12.1 Å². The Morgan fingerprint density at radius 1 is 1.35 bits per heavy atom. The van der Waals surface area contributed by atoms with Gasteiger partial charge in [0.2, 0.25) is 0 Å². The van der Waals surface area contributed by atoms with E-state index in [-0.39, 0.29) is 6.04 Å². The molecule has 0 bridgehead atoms. The van der Waals surface area contributed by atoms with Crippen molar-refractivity contribution in [2.45, 2.75) is 26.4 Å². The number of thiazole rings is 1. The van der Waals surface area contributed by atoms with Crippen LogP contribution in [0.4, 0.5) is 5.13 Å². The molecule has 108 valence electrons. The standard InChI is InChI=1S/C15H20ClN3S/c1-4-17-9-14-10-20-15(18-14)19(3)11(2)12-5-7-13(16)8-6-12/h5-8,10-11,17H,4,9H2,1-3H3. The van der Waals surface area contributed by atoms with Gasteiger partial charge in [0.05, 0.1) is 11.7 Å². The van der Waals surface area contributed by atoms with Crippen LogP contribution in [0.1, 0.15) is 31.1 Å². The largest absolute Gasteiger partial charge is 0.344 e. The van der Waals surface area contributed by atoms with Crippen molar-refractivity contribution in [3.8, 4) is 0 Å². The molecule has 2 rings (SSSR count). The molecule has 2 aromatic rings. The Hall–Kier alpha value is -1.10. The van der Waals surface area contributed by atoms with Gasteiger partial charge in [-0.3, -0.25) is 0 Å². The summed E-state index contributed by atoms with van der Waals surface area (Å²) in [7, 11) is 2.08. The van der Waals surface area contributed by atoms with Crippen LogP contribution in [-0.2, 0) is 6.54 Å². The molecule has 1 atom stereocenters. The molecule has 5 heteroatoms.